The van der Waals surface area contributed by atoms with E-state index in [1.54, 1.807) is 13.8 Å². The Hall–Kier alpha value is -2.12. The highest BCUT2D eigenvalue weighted by Gasteiger charge is 2.34. The maximum atomic E-state index is 13.0. The standard InChI is InChI=1S/C18H21ClN2O6S/c1-4-7-20-17(22)11-26-18(23)14-5-6-15(19)16(8-14)28(24,25)21-9-12(2)27-13(3)10-21/h1,5-6,8,12-13H,7,9-11H2,2-3H3,(H,20,22). The smallest absolute Gasteiger partial charge is 0.338 e. The van der Waals surface area contributed by atoms with Gasteiger partial charge in [-0.25, -0.2) is 13.2 Å². The lowest BCUT2D eigenvalue weighted by molar-refractivity contribution is -0.123. The van der Waals surface area contributed by atoms with Crippen molar-refractivity contribution in [2.45, 2.75) is 31.0 Å². The lowest BCUT2D eigenvalue weighted by Gasteiger charge is -2.34. The number of hydrogen-bond acceptors (Lipinski definition) is 6. The van der Waals surface area contributed by atoms with Gasteiger partial charge in [-0.2, -0.15) is 4.31 Å². The minimum atomic E-state index is -3.95. The van der Waals surface area contributed by atoms with Crippen LogP contribution < -0.4 is 5.32 Å². The second-order valence-electron chi connectivity index (χ2n) is 6.28. The van der Waals surface area contributed by atoms with Gasteiger partial charge in [-0.15, -0.1) is 6.42 Å². The number of nitrogens with one attached hydrogen (secondary N) is 1. The summed E-state index contributed by atoms with van der Waals surface area (Å²) in [6, 6.07) is 3.77. The first-order valence-corrected chi connectivity index (χ1v) is 10.3. The van der Waals surface area contributed by atoms with E-state index in [1.807, 2.05) is 0 Å². The third-order valence-corrected chi connectivity index (χ3v) is 6.21. The molecule has 0 aliphatic carbocycles. The topological polar surface area (TPSA) is 102 Å². The second-order valence-corrected chi connectivity index (χ2v) is 8.60. The molecule has 2 rings (SSSR count). The molecule has 1 saturated heterocycles. The molecule has 1 aliphatic rings. The first-order valence-electron chi connectivity index (χ1n) is 8.47. The van der Waals surface area contributed by atoms with E-state index in [2.05, 4.69) is 11.2 Å². The van der Waals surface area contributed by atoms with Gasteiger partial charge in [0.25, 0.3) is 5.91 Å². The van der Waals surface area contributed by atoms with Crippen molar-refractivity contribution in [3.05, 3.63) is 28.8 Å². The van der Waals surface area contributed by atoms with Crippen LogP contribution >= 0.6 is 11.6 Å². The Labute approximate surface area is 169 Å². The molecular weight excluding hydrogens is 408 g/mol. The normalized spacial score (nSPS) is 20.2. The molecule has 1 N–H and O–H groups in total. The predicted molar refractivity (Wildman–Crippen MR) is 102 cm³/mol. The summed E-state index contributed by atoms with van der Waals surface area (Å²) >= 11 is 6.09. The van der Waals surface area contributed by atoms with Crippen molar-refractivity contribution in [1.82, 2.24) is 9.62 Å². The molecule has 152 valence electrons. The monoisotopic (exact) mass is 428 g/mol. The molecule has 0 aromatic heterocycles. The maximum absolute atomic E-state index is 13.0. The Morgan fingerprint density at radius 2 is 2.00 bits per heavy atom. The molecule has 0 saturated carbocycles. The van der Waals surface area contributed by atoms with Crippen LogP contribution in [0.15, 0.2) is 23.1 Å². The van der Waals surface area contributed by atoms with Gasteiger partial charge in [-0.3, -0.25) is 4.79 Å². The fraction of sp³-hybridized carbons (Fsp3) is 0.444. The number of esters is 1. The fourth-order valence-corrected chi connectivity index (χ4v) is 4.80. The third-order valence-electron chi connectivity index (χ3n) is 3.89. The molecule has 1 aliphatic heterocycles. The zero-order valence-corrected chi connectivity index (χ0v) is 17.0. The number of carbonyl (C=O) groups excluding carboxylic acids is 2. The zero-order chi connectivity index (χ0) is 20.9. The van der Waals surface area contributed by atoms with Gasteiger partial charge in [0.15, 0.2) is 6.61 Å². The zero-order valence-electron chi connectivity index (χ0n) is 15.5. The molecule has 8 nitrogen and oxygen atoms in total. The molecule has 1 aromatic carbocycles. The van der Waals surface area contributed by atoms with Crippen molar-refractivity contribution in [3.63, 3.8) is 0 Å². The fourth-order valence-electron chi connectivity index (χ4n) is 2.71. The molecule has 2 atom stereocenters. The van der Waals surface area contributed by atoms with E-state index >= 15 is 0 Å². The molecule has 1 aromatic rings. The average Bonchev–Trinajstić information content (AvgIpc) is 2.63. The minimum Gasteiger partial charge on any atom is -0.452 e. The molecule has 2 unspecified atom stereocenters. The number of benzene rings is 1. The van der Waals surface area contributed by atoms with Crippen LogP contribution in [0.5, 0.6) is 0 Å². The number of carbonyl (C=O) groups is 2. The summed E-state index contributed by atoms with van der Waals surface area (Å²) in [4.78, 5) is 23.4. The number of ether oxygens (including phenoxy) is 2. The van der Waals surface area contributed by atoms with E-state index in [0.717, 1.165) is 6.07 Å². The van der Waals surface area contributed by atoms with Crippen molar-refractivity contribution in [3.8, 4) is 12.3 Å². The Morgan fingerprint density at radius 1 is 1.36 bits per heavy atom. The predicted octanol–water partition coefficient (Wildman–Crippen LogP) is 1.04. The second kappa shape index (κ2) is 9.39. The molecule has 10 heteroatoms. The van der Waals surface area contributed by atoms with E-state index in [0.29, 0.717) is 0 Å². The first kappa shape index (κ1) is 22.2. The van der Waals surface area contributed by atoms with Crippen LogP contribution in [-0.2, 0) is 24.3 Å². The summed E-state index contributed by atoms with van der Waals surface area (Å²) in [5, 5.41) is 2.33. The van der Waals surface area contributed by atoms with E-state index in [9.17, 15) is 18.0 Å². The molecule has 0 radical (unpaired) electrons. The summed E-state index contributed by atoms with van der Waals surface area (Å²) in [5.74, 6) is 0.799. The number of terminal acetylenes is 1. The molecule has 1 heterocycles. The number of nitrogens with zero attached hydrogens (tertiary/aromatic N) is 1. The number of morpholine rings is 1. The average molecular weight is 429 g/mol. The van der Waals surface area contributed by atoms with Gasteiger partial charge < -0.3 is 14.8 Å². The van der Waals surface area contributed by atoms with Crippen LogP contribution in [0.3, 0.4) is 0 Å². The van der Waals surface area contributed by atoms with Crippen molar-refractivity contribution in [2.24, 2.45) is 0 Å². The van der Waals surface area contributed by atoms with Crippen LogP contribution in [-0.4, -0.2) is 63.0 Å². The van der Waals surface area contributed by atoms with E-state index in [4.69, 9.17) is 27.5 Å². The molecule has 0 bridgehead atoms. The minimum absolute atomic E-state index is 0.0100. The highest BCUT2D eigenvalue weighted by molar-refractivity contribution is 7.89. The summed E-state index contributed by atoms with van der Waals surface area (Å²) < 4.78 is 37.7. The quantitative estimate of drug-likeness (QED) is 0.536. The van der Waals surface area contributed by atoms with Gasteiger partial charge in [-0.05, 0) is 32.0 Å². The summed E-state index contributed by atoms with van der Waals surface area (Å²) in [5.41, 5.74) is -0.0397. The van der Waals surface area contributed by atoms with Gasteiger partial charge in [-0.1, -0.05) is 17.5 Å². The Balaban J connectivity index is 2.19. The molecular formula is C18H21ClN2O6S. The number of rotatable bonds is 6. The first-order chi connectivity index (χ1) is 13.1. The van der Waals surface area contributed by atoms with Gasteiger partial charge in [0, 0.05) is 13.1 Å². The summed E-state index contributed by atoms with van der Waals surface area (Å²) in [6.07, 6.45) is 4.48. The highest BCUT2D eigenvalue weighted by atomic mass is 35.5. The lowest BCUT2D eigenvalue weighted by Crippen LogP contribution is -2.48. The van der Waals surface area contributed by atoms with Crippen molar-refractivity contribution in [2.75, 3.05) is 26.2 Å². The third kappa shape index (κ3) is 5.45. The number of amides is 1. The number of sulfonamides is 1. The van der Waals surface area contributed by atoms with Gasteiger partial charge in [0.2, 0.25) is 10.0 Å². The van der Waals surface area contributed by atoms with Crippen molar-refractivity contribution >= 4 is 33.5 Å². The Morgan fingerprint density at radius 3 is 2.61 bits per heavy atom. The number of hydrogen-bond donors (Lipinski definition) is 1. The van der Waals surface area contributed by atoms with Gasteiger partial charge in [0.05, 0.1) is 29.3 Å². The maximum Gasteiger partial charge on any atom is 0.338 e. The van der Waals surface area contributed by atoms with E-state index in [1.165, 1.54) is 16.4 Å². The van der Waals surface area contributed by atoms with E-state index in [-0.39, 0.29) is 47.3 Å². The summed E-state index contributed by atoms with van der Waals surface area (Å²) in [7, 11) is -3.95. The largest absolute Gasteiger partial charge is 0.452 e. The van der Waals surface area contributed by atoms with Crippen molar-refractivity contribution < 1.29 is 27.5 Å². The van der Waals surface area contributed by atoms with Crippen LogP contribution in [0, 0.1) is 12.3 Å². The Bertz CT molecular complexity index is 886. The van der Waals surface area contributed by atoms with Crippen LogP contribution in [0.2, 0.25) is 5.02 Å². The molecule has 28 heavy (non-hydrogen) atoms. The SMILES string of the molecule is C#CCNC(=O)COC(=O)c1ccc(Cl)c(S(=O)(=O)N2CC(C)OC(C)C2)c1. The van der Waals surface area contributed by atoms with Crippen LogP contribution in [0.25, 0.3) is 0 Å². The highest BCUT2D eigenvalue weighted by Crippen LogP contribution is 2.28. The van der Waals surface area contributed by atoms with Crippen LogP contribution in [0.1, 0.15) is 24.2 Å². The molecule has 1 amide bonds. The van der Waals surface area contributed by atoms with Crippen molar-refractivity contribution in [1.29, 1.82) is 0 Å². The Kier molecular flexibility index (Phi) is 7.43. The molecule has 1 fully saturated rings. The lowest BCUT2D eigenvalue weighted by atomic mass is 10.2. The summed E-state index contributed by atoms with van der Waals surface area (Å²) in [6.45, 7) is 3.37. The van der Waals surface area contributed by atoms with Gasteiger partial charge >= 0.3 is 5.97 Å². The molecule has 0 spiro atoms. The van der Waals surface area contributed by atoms with Crippen LogP contribution in [0.4, 0.5) is 0 Å². The van der Waals surface area contributed by atoms with E-state index < -0.39 is 28.5 Å². The van der Waals surface area contributed by atoms with Gasteiger partial charge in [0.1, 0.15) is 4.90 Å². The number of halogens is 1.